The number of aliphatic hydroxyl groups is 1. The highest BCUT2D eigenvalue weighted by molar-refractivity contribution is 6.04. The van der Waals surface area contributed by atoms with Crippen LogP contribution in [0.1, 0.15) is 40.9 Å². The molecular weight excluding hydrogens is 573 g/mol. The monoisotopic (exact) mass is 616 g/mol. The Morgan fingerprint density at radius 3 is 2.36 bits per heavy atom. The number of rotatable bonds is 7. The van der Waals surface area contributed by atoms with Crippen molar-refractivity contribution in [3.05, 3.63) is 70.0 Å². The van der Waals surface area contributed by atoms with E-state index in [-0.39, 0.29) is 17.7 Å². The van der Waals surface area contributed by atoms with Gasteiger partial charge < -0.3 is 35.8 Å². The summed E-state index contributed by atoms with van der Waals surface area (Å²) >= 11 is 0. The lowest BCUT2D eigenvalue weighted by Gasteiger charge is -2.42. The molecule has 0 aromatic heterocycles. The number of carbonyl (C=O) groups is 1. The first-order valence-corrected chi connectivity index (χ1v) is 14.6. The molecule has 13 heteroatoms. The van der Waals surface area contributed by atoms with Crippen LogP contribution in [0.2, 0.25) is 0 Å². The zero-order valence-electron chi connectivity index (χ0n) is 26.2. The summed E-state index contributed by atoms with van der Waals surface area (Å²) in [4.78, 5) is 27.0. The fourth-order valence-electron chi connectivity index (χ4n) is 5.44. The summed E-state index contributed by atoms with van der Waals surface area (Å²) in [6, 6.07) is 8.95. The van der Waals surface area contributed by atoms with Crippen molar-refractivity contribution >= 4 is 23.2 Å². The van der Waals surface area contributed by atoms with Gasteiger partial charge in [-0.3, -0.25) is 9.69 Å². The molecule has 0 aliphatic carbocycles. The lowest BCUT2D eigenvalue weighted by atomic mass is 10.0. The van der Waals surface area contributed by atoms with Crippen LogP contribution in [0.15, 0.2) is 52.8 Å². The Morgan fingerprint density at radius 2 is 1.75 bits per heavy atom. The molecule has 2 aliphatic heterocycles. The number of benzene rings is 2. The van der Waals surface area contributed by atoms with Crippen LogP contribution in [0.25, 0.3) is 0 Å². The number of likely N-dealkylation sites (N-methyl/N-ethyl adjacent to an activating group) is 1. The minimum absolute atomic E-state index is 0.0866. The van der Waals surface area contributed by atoms with E-state index in [1.165, 1.54) is 12.1 Å². The second-order valence-electron chi connectivity index (χ2n) is 11.6. The number of amides is 1. The number of halogens is 3. The van der Waals surface area contributed by atoms with Crippen molar-refractivity contribution < 1.29 is 23.1 Å². The van der Waals surface area contributed by atoms with Crippen molar-refractivity contribution in [3.63, 3.8) is 0 Å². The van der Waals surface area contributed by atoms with E-state index in [1.54, 1.807) is 54.0 Å². The van der Waals surface area contributed by atoms with Crippen LogP contribution >= 0.6 is 0 Å². The highest BCUT2D eigenvalue weighted by atomic mass is 19.4. The molecule has 1 atom stereocenters. The predicted octanol–water partition coefficient (Wildman–Crippen LogP) is 3.54. The van der Waals surface area contributed by atoms with Gasteiger partial charge in [0.2, 0.25) is 6.35 Å². The SMILES string of the molecule is CCN1CCN(Cc2ccc(C(=O)Nc3ccc(C)c(N4CC(C)=C(N=C(N)N(C)C)N(C)C4O)c3)cc2C(F)(F)F)CC1. The average molecular weight is 617 g/mol. The molecule has 2 heterocycles. The van der Waals surface area contributed by atoms with Gasteiger partial charge in [0, 0.05) is 77.3 Å². The number of nitrogens with one attached hydrogen (secondary N) is 1. The lowest BCUT2D eigenvalue weighted by molar-refractivity contribution is -0.138. The zero-order chi connectivity index (χ0) is 32.3. The van der Waals surface area contributed by atoms with Gasteiger partial charge >= 0.3 is 6.18 Å². The summed E-state index contributed by atoms with van der Waals surface area (Å²) in [5, 5.41) is 13.9. The Kier molecular flexibility index (Phi) is 10.1. The maximum absolute atomic E-state index is 14.1. The van der Waals surface area contributed by atoms with Crippen molar-refractivity contribution in [1.82, 2.24) is 19.6 Å². The second-order valence-corrected chi connectivity index (χ2v) is 11.6. The van der Waals surface area contributed by atoms with E-state index < -0.39 is 24.0 Å². The number of guanidine groups is 1. The Morgan fingerprint density at radius 1 is 1.09 bits per heavy atom. The second kappa shape index (κ2) is 13.4. The van der Waals surface area contributed by atoms with Gasteiger partial charge in [-0.15, -0.1) is 0 Å². The van der Waals surface area contributed by atoms with E-state index in [0.29, 0.717) is 42.8 Å². The van der Waals surface area contributed by atoms with Crippen molar-refractivity contribution in [1.29, 1.82) is 0 Å². The molecule has 4 rings (SSSR count). The molecule has 1 unspecified atom stereocenters. The normalized spacial score (nSPS) is 19.0. The summed E-state index contributed by atoms with van der Waals surface area (Å²) in [7, 11) is 5.25. The average Bonchev–Trinajstić information content (AvgIpc) is 2.98. The van der Waals surface area contributed by atoms with Crippen molar-refractivity contribution in [2.24, 2.45) is 10.7 Å². The van der Waals surface area contributed by atoms with Gasteiger partial charge in [-0.05, 0) is 61.4 Å². The van der Waals surface area contributed by atoms with E-state index >= 15 is 0 Å². The number of aryl methyl sites for hydroxylation is 1. The van der Waals surface area contributed by atoms with Crippen molar-refractivity contribution in [2.75, 3.05) is 70.6 Å². The number of hydrogen-bond donors (Lipinski definition) is 3. The largest absolute Gasteiger partial charge is 0.416 e. The van der Waals surface area contributed by atoms with Gasteiger partial charge in [0.15, 0.2) is 5.96 Å². The maximum Gasteiger partial charge on any atom is 0.416 e. The lowest BCUT2D eigenvalue weighted by Crippen LogP contribution is -2.51. The smallest absolute Gasteiger partial charge is 0.369 e. The van der Waals surface area contributed by atoms with E-state index in [9.17, 15) is 23.1 Å². The number of anilines is 2. The van der Waals surface area contributed by atoms with Crippen molar-refractivity contribution in [3.8, 4) is 0 Å². The Balaban J connectivity index is 1.54. The summed E-state index contributed by atoms with van der Waals surface area (Å²) in [6.07, 6.45) is -5.68. The van der Waals surface area contributed by atoms with Gasteiger partial charge in [0.05, 0.1) is 5.56 Å². The number of piperazine rings is 1. The first-order chi connectivity index (χ1) is 20.7. The number of aliphatic hydroxyl groups excluding tert-OH is 1. The number of carbonyl (C=O) groups excluding carboxylic acids is 1. The molecule has 1 fully saturated rings. The molecule has 0 spiro atoms. The summed E-state index contributed by atoms with van der Waals surface area (Å²) in [5.41, 5.74) is 8.01. The number of aliphatic imine (C=N–C) groups is 1. The fraction of sp³-hybridized carbons (Fsp3) is 0.484. The third kappa shape index (κ3) is 7.45. The Hall–Kier alpha value is -3.81. The van der Waals surface area contributed by atoms with Crippen LogP contribution in [0.4, 0.5) is 24.5 Å². The molecule has 0 bridgehead atoms. The van der Waals surface area contributed by atoms with Gasteiger partial charge in [-0.1, -0.05) is 19.1 Å². The molecule has 10 nitrogen and oxygen atoms in total. The van der Waals surface area contributed by atoms with E-state index in [0.717, 1.165) is 36.8 Å². The molecule has 44 heavy (non-hydrogen) atoms. The minimum atomic E-state index is -4.60. The molecular formula is C31H43F3N8O2. The molecule has 0 saturated carbocycles. The van der Waals surface area contributed by atoms with Gasteiger partial charge in [0.1, 0.15) is 5.82 Å². The molecule has 0 radical (unpaired) electrons. The molecule has 2 aromatic rings. The van der Waals surface area contributed by atoms with Crippen molar-refractivity contribution in [2.45, 2.75) is 39.8 Å². The predicted molar refractivity (Wildman–Crippen MR) is 167 cm³/mol. The Labute approximate surface area is 257 Å². The third-order valence-electron chi connectivity index (χ3n) is 8.19. The number of nitrogens with zero attached hydrogens (tertiary/aromatic N) is 6. The minimum Gasteiger partial charge on any atom is -0.369 e. The molecule has 240 valence electrons. The standard InChI is InChI=1S/C31H43F3N8O2/c1-7-40-12-14-41(15-13-40)19-23-10-9-22(16-25(23)31(32,33)34)28(43)36-24-11-8-20(2)26(17-24)42-18-21(3)27(39(6)30(42)44)37-29(35)38(4)5/h8-11,16-17,30,44H,7,12-15,18-19H2,1-6H3,(H2,35,37)(H,36,43). The molecule has 2 aliphatic rings. The topological polar surface area (TPSA) is 104 Å². The van der Waals surface area contributed by atoms with Crippen LogP contribution in [0, 0.1) is 6.92 Å². The quantitative estimate of drug-likeness (QED) is 0.321. The van der Waals surface area contributed by atoms with Crippen LogP contribution in [0.5, 0.6) is 0 Å². The van der Waals surface area contributed by atoms with Crippen LogP contribution in [-0.4, -0.2) is 103 Å². The summed E-state index contributed by atoms with van der Waals surface area (Å²) in [5.74, 6) is 0.190. The van der Waals surface area contributed by atoms with E-state index in [2.05, 4.69) is 22.1 Å². The molecule has 2 aromatic carbocycles. The summed E-state index contributed by atoms with van der Waals surface area (Å²) in [6.45, 7) is 10.3. The maximum atomic E-state index is 14.1. The van der Waals surface area contributed by atoms with E-state index in [4.69, 9.17) is 5.73 Å². The number of alkyl halides is 3. The van der Waals surface area contributed by atoms with E-state index in [1.807, 2.05) is 18.7 Å². The Bertz CT molecular complexity index is 1420. The van der Waals surface area contributed by atoms with Crippen LogP contribution in [0.3, 0.4) is 0 Å². The van der Waals surface area contributed by atoms with Crippen LogP contribution < -0.4 is 16.0 Å². The zero-order valence-corrected chi connectivity index (χ0v) is 26.2. The van der Waals surface area contributed by atoms with Gasteiger partial charge in [-0.2, -0.15) is 18.2 Å². The highest BCUT2D eigenvalue weighted by Gasteiger charge is 2.35. The van der Waals surface area contributed by atoms with Gasteiger partial charge in [-0.25, -0.2) is 0 Å². The number of hydrogen-bond acceptors (Lipinski definition) is 7. The first-order valence-electron chi connectivity index (χ1n) is 14.6. The summed E-state index contributed by atoms with van der Waals surface area (Å²) < 4.78 is 42.4. The number of nitrogens with two attached hydrogens (primary N) is 1. The first kappa shape index (κ1) is 33.1. The molecule has 1 amide bonds. The van der Waals surface area contributed by atoms with Crippen LogP contribution in [-0.2, 0) is 12.7 Å². The fourth-order valence-corrected chi connectivity index (χ4v) is 5.44. The molecule has 1 saturated heterocycles. The third-order valence-corrected chi connectivity index (χ3v) is 8.19. The highest BCUT2D eigenvalue weighted by Crippen LogP contribution is 2.35. The van der Waals surface area contributed by atoms with Gasteiger partial charge in [0.25, 0.3) is 5.91 Å². The molecule has 4 N–H and O–H groups in total.